The SMILES string of the molecule is CCCCC(=O)N1CC[NH+](CC[NH+]=C(C)C2=C(O)CC(C)(C)CC2=O)CC1. The van der Waals surface area contributed by atoms with Crippen molar-refractivity contribution in [2.75, 3.05) is 39.3 Å². The van der Waals surface area contributed by atoms with Crippen molar-refractivity contribution in [3.8, 4) is 0 Å². The molecule has 0 aromatic heterocycles. The summed E-state index contributed by atoms with van der Waals surface area (Å²) in [6.07, 6.45) is 3.73. The molecule has 0 bridgehead atoms. The minimum atomic E-state index is -0.163. The fourth-order valence-electron chi connectivity index (χ4n) is 4.04. The molecule has 1 aliphatic carbocycles. The van der Waals surface area contributed by atoms with Crippen LogP contribution in [0, 0.1) is 5.41 Å². The van der Waals surface area contributed by atoms with Gasteiger partial charge in [0.15, 0.2) is 18.0 Å². The Morgan fingerprint density at radius 3 is 2.52 bits per heavy atom. The van der Waals surface area contributed by atoms with Crippen molar-refractivity contribution in [2.45, 2.75) is 59.8 Å². The van der Waals surface area contributed by atoms with Gasteiger partial charge in [0.2, 0.25) is 5.91 Å². The minimum absolute atomic E-state index is 0.0281. The zero-order valence-electron chi connectivity index (χ0n) is 17.5. The predicted octanol–water partition coefficient (Wildman–Crippen LogP) is -0.354. The zero-order valence-corrected chi connectivity index (χ0v) is 17.5. The smallest absolute Gasteiger partial charge is 0.222 e. The molecule has 2 rings (SSSR count). The molecule has 6 nitrogen and oxygen atoms in total. The van der Waals surface area contributed by atoms with Gasteiger partial charge in [0.25, 0.3) is 0 Å². The summed E-state index contributed by atoms with van der Waals surface area (Å²) in [7, 11) is 0. The van der Waals surface area contributed by atoms with Crippen molar-refractivity contribution < 1.29 is 24.6 Å². The lowest BCUT2D eigenvalue weighted by molar-refractivity contribution is -0.910. The number of aliphatic hydroxyl groups is 1. The molecule has 0 radical (unpaired) electrons. The number of carbonyl (C=O) groups is 2. The van der Waals surface area contributed by atoms with Crippen molar-refractivity contribution in [1.82, 2.24) is 4.90 Å². The summed E-state index contributed by atoms with van der Waals surface area (Å²) in [6.45, 7) is 13.3. The molecule has 1 amide bonds. The highest BCUT2D eigenvalue weighted by Gasteiger charge is 2.35. The molecule has 1 aliphatic heterocycles. The number of amides is 1. The number of nitrogens with zero attached hydrogens (tertiary/aromatic N) is 1. The third kappa shape index (κ3) is 6.16. The lowest BCUT2D eigenvalue weighted by Gasteiger charge is -2.31. The lowest BCUT2D eigenvalue weighted by atomic mass is 9.76. The maximum Gasteiger partial charge on any atom is 0.222 e. The van der Waals surface area contributed by atoms with Gasteiger partial charge in [0.1, 0.15) is 17.9 Å². The van der Waals surface area contributed by atoms with Gasteiger partial charge in [0.05, 0.1) is 26.2 Å². The van der Waals surface area contributed by atoms with E-state index in [0.717, 1.165) is 57.8 Å². The topological polar surface area (TPSA) is 76.0 Å². The van der Waals surface area contributed by atoms with Crippen LogP contribution in [0.4, 0.5) is 0 Å². The summed E-state index contributed by atoms with van der Waals surface area (Å²) in [5, 5.41) is 10.3. The number of hydrogen-bond acceptors (Lipinski definition) is 3. The quantitative estimate of drug-likeness (QED) is 0.529. The predicted molar refractivity (Wildman–Crippen MR) is 106 cm³/mol. The average Bonchev–Trinajstić information content (AvgIpc) is 2.58. The van der Waals surface area contributed by atoms with Crippen LogP contribution in [-0.2, 0) is 9.59 Å². The molecule has 0 atom stereocenters. The average molecular weight is 380 g/mol. The van der Waals surface area contributed by atoms with Gasteiger partial charge in [0, 0.05) is 26.2 Å². The van der Waals surface area contributed by atoms with Crippen molar-refractivity contribution in [2.24, 2.45) is 5.41 Å². The number of unbranched alkanes of at least 4 members (excludes halogenated alkanes) is 1. The first kappa shape index (κ1) is 21.6. The number of hydrogen-bond donors (Lipinski definition) is 3. The van der Waals surface area contributed by atoms with Crippen LogP contribution in [0.3, 0.4) is 0 Å². The molecule has 6 heteroatoms. The van der Waals surface area contributed by atoms with E-state index in [2.05, 4.69) is 11.9 Å². The third-order valence-electron chi connectivity index (χ3n) is 5.66. The molecule has 0 unspecified atom stereocenters. The van der Waals surface area contributed by atoms with Crippen LogP contribution < -0.4 is 9.89 Å². The van der Waals surface area contributed by atoms with Crippen LogP contribution >= 0.6 is 0 Å². The van der Waals surface area contributed by atoms with Gasteiger partial charge >= 0.3 is 0 Å². The number of Topliss-reactive ketones (excluding diaryl/α,β-unsaturated/α-hetero) is 1. The van der Waals surface area contributed by atoms with Crippen LogP contribution in [0.1, 0.15) is 59.8 Å². The van der Waals surface area contributed by atoms with Crippen molar-refractivity contribution in [1.29, 1.82) is 0 Å². The molecular weight excluding hydrogens is 342 g/mol. The first-order valence-electron chi connectivity index (χ1n) is 10.4. The molecule has 0 saturated carbocycles. The maximum absolute atomic E-state index is 12.4. The van der Waals surface area contributed by atoms with Gasteiger partial charge in [-0.05, 0) is 11.8 Å². The highest BCUT2D eigenvalue weighted by atomic mass is 16.3. The van der Waals surface area contributed by atoms with Crippen LogP contribution in [0.15, 0.2) is 11.3 Å². The van der Waals surface area contributed by atoms with Crippen LogP contribution in [-0.4, -0.2) is 66.7 Å². The summed E-state index contributed by atoms with van der Waals surface area (Å²) < 4.78 is 0. The van der Waals surface area contributed by atoms with Crippen molar-refractivity contribution in [3.63, 3.8) is 0 Å². The standard InChI is InChI=1S/C21H35N3O3/c1-5-6-7-19(27)24-12-10-23(11-13-24)9-8-22-16(2)20-17(25)14-21(3,4)15-18(20)26/h25H,5-15H2,1-4H3/p+2. The van der Waals surface area contributed by atoms with E-state index in [1.807, 2.05) is 25.7 Å². The fourth-order valence-corrected chi connectivity index (χ4v) is 4.04. The summed E-state index contributed by atoms with van der Waals surface area (Å²) >= 11 is 0. The Balaban J connectivity index is 1.81. The van der Waals surface area contributed by atoms with E-state index < -0.39 is 0 Å². The summed E-state index contributed by atoms with van der Waals surface area (Å²) in [4.78, 5) is 31.3. The van der Waals surface area contributed by atoms with E-state index in [9.17, 15) is 14.7 Å². The van der Waals surface area contributed by atoms with Crippen LogP contribution in [0.2, 0.25) is 0 Å². The number of quaternary nitrogens is 1. The largest absolute Gasteiger partial charge is 0.511 e. The summed E-state index contributed by atoms with van der Waals surface area (Å²) in [5.74, 6) is 0.535. The molecule has 0 aromatic rings. The Hall–Kier alpha value is -1.69. The molecule has 0 aromatic carbocycles. The van der Waals surface area contributed by atoms with E-state index in [0.29, 0.717) is 30.7 Å². The third-order valence-corrected chi connectivity index (χ3v) is 5.66. The Kier molecular flexibility index (Phi) is 7.59. The number of ketones is 1. The zero-order chi connectivity index (χ0) is 20.0. The number of allylic oxidation sites excluding steroid dienone is 2. The lowest BCUT2D eigenvalue weighted by Crippen LogP contribution is -3.16. The van der Waals surface area contributed by atoms with E-state index in [-0.39, 0.29) is 17.0 Å². The van der Waals surface area contributed by atoms with Gasteiger partial charge in [-0.25, -0.2) is 4.99 Å². The number of aliphatic hydroxyl groups excluding tert-OH is 1. The first-order valence-corrected chi connectivity index (χ1v) is 10.4. The molecule has 2 aliphatic rings. The highest BCUT2D eigenvalue weighted by molar-refractivity contribution is 6.20. The Bertz CT molecular complexity index is 614. The second kappa shape index (κ2) is 9.49. The number of carbonyl (C=O) groups excluding carboxylic acids is 2. The normalized spacial score (nSPS) is 21.7. The maximum atomic E-state index is 12.4. The molecule has 0 spiro atoms. The Labute approximate surface area is 163 Å². The summed E-state index contributed by atoms with van der Waals surface area (Å²) in [5.41, 5.74) is 1.10. The van der Waals surface area contributed by atoms with Crippen molar-refractivity contribution >= 4 is 17.4 Å². The highest BCUT2D eigenvalue weighted by Crippen LogP contribution is 2.35. The van der Waals surface area contributed by atoms with Crippen LogP contribution in [0.25, 0.3) is 0 Å². The number of rotatable bonds is 7. The number of nitrogens with one attached hydrogen (secondary N) is 2. The molecule has 3 N–H and O–H groups in total. The van der Waals surface area contributed by atoms with Gasteiger partial charge in [-0.3, -0.25) is 9.59 Å². The van der Waals surface area contributed by atoms with Gasteiger partial charge in [-0.1, -0.05) is 27.2 Å². The molecule has 1 fully saturated rings. The second-order valence-corrected chi connectivity index (χ2v) is 8.80. The number of piperazine rings is 1. The Morgan fingerprint density at radius 1 is 1.26 bits per heavy atom. The fraction of sp³-hybridized carbons (Fsp3) is 0.762. The van der Waals surface area contributed by atoms with Gasteiger partial charge in [-0.15, -0.1) is 0 Å². The van der Waals surface area contributed by atoms with Gasteiger partial charge in [-0.2, -0.15) is 0 Å². The monoisotopic (exact) mass is 379 g/mol. The molecule has 27 heavy (non-hydrogen) atoms. The molecule has 152 valence electrons. The van der Waals surface area contributed by atoms with E-state index in [4.69, 9.17) is 0 Å². The molecule has 1 heterocycles. The van der Waals surface area contributed by atoms with E-state index in [1.54, 1.807) is 0 Å². The van der Waals surface area contributed by atoms with Crippen molar-refractivity contribution in [3.05, 3.63) is 11.3 Å². The summed E-state index contributed by atoms with van der Waals surface area (Å²) in [6, 6.07) is 0. The second-order valence-electron chi connectivity index (χ2n) is 8.80. The van der Waals surface area contributed by atoms with E-state index in [1.165, 1.54) is 4.90 Å². The molecular formula is C21H37N3O3+2. The minimum Gasteiger partial charge on any atom is -0.511 e. The first-order chi connectivity index (χ1) is 12.7. The molecule has 1 saturated heterocycles. The van der Waals surface area contributed by atoms with Crippen LogP contribution in [0.5, 0.6) is 0 Å². The Morgan fingerprint density at radius 2 is 1.93 bits per heavy atom. The van der Waals surface area contributed by atoms with Gasteiger partial charge < -0.3 is 14.9 Å². The van der Waals surface area contributed by atoms with E-state index >= 15 is 0 Å².